The van der Waals surface area contributed by atoms with Gasteiger partial charge in [0.05, 0.1) is 22.6 Å². The maximum absolute atomic E-state index is 13.1. The van der Waals surface area contributed by atoms with Gasteiger partial charge in [0.25, 0.3) is 0 Å². The third-order valence-corrected chi connectivity index (χ3v) is 6.30. The first kappa shape index (κ1) is 28.6. The fourth-order valence-electron chi connectivity index (χ4n) is 4.62. The molecule has 42 heavy (non-hydrogen) atoms. The van der Waals surface area contributed by atoms with Crippen LogP contribution in [0.4, 0.5) is 16.2 Å². The molecule has 5 rings (SSSR count). The number of aromatic nitrogens is 5. The largest absolute Gasteiger partial charge is 0.511 e. The molecular weight excluding hydrogens is 542 g/mol. The van der Waals surface area contributed by atoms with E-state index in [1.807, 2.05) is 65.9 Å². The number of carbonyl (C=O) groups excluding carboxylic acids is 2. The lowest BCUT2D eigenvalue weighted by atomic mass is 10.1. The number of carbonyl (C=O) groups is 2. The lowest BCUT2D eigenvalue weighted by molar-refractivity contribution is -0.0524. The van der Waals surface area contributed by atoms with Crippen LogP contribution in [0.1, 0.15) is 49.2 Å². The molecule has 3 heterocycles. The Labute approximate surface area is 242 Å². The predicted molar refractivity (Wildman–Crippen MR) is 153 cm³/mol. The van der Waals surface area contributed by atoms with Crippen LogP contribution < -0.4 is 10.2 Å². The van der Waals surface area contributed by atoms with Gasteiger partial charge >= 0.3 is 12.1 Å². The van der Waals surface area contributed by atoms with Crippen LogP contribution in [-0.4, -0.2) is 62.7 Å². The van der Waals surface area contributed by atoms with E-state index in [2.05, 4.69) is 25.9 Å². The summed E-state index contributed by atoms with van der Waals surface area (Å²) in [6.45, 7) is 9.37. The monoisotopic (exact) mass is 575 g/mol. The molecule has 0 saturated carbocycles. The zero-order valence-electron chi connectivity index (χ0n) is 24.1. The molecule has 0 bridgehead atoms. The van der Waals surface area contributed by atoms with Crippen molar-refractivity contribution < 1.29 is 28.5 Å². The number of hydrogen-bond donors (Lipinski definition) is 2. The summed E-state index contributed by atoms with van der Waals surface area (Å²) in [6, 6.07) is 15.3. The van der Waals surface area contributed by atoms with Crippen LogP contribution in [0.3, 0.4) is 0 Å². The Morgan fingerprint density at radius 3 is 2.55 bits per heavy atom. The highest BCUT2D eigenvalue weighted by Crippen LogP contribution is 2.39. The number of ether oxygens (including phenoxy) is 4. The number of fused-ring (bicyclic) bond motifs is 1. The first-order valence-corrected chi connectivity index (χ1v) is 13.5. The summed E-state index contributed by atoms with van der Waals surface area (Å²) in [4.78, 5) is 26.9. The van der Waals surface area contributed by atoms with Crippen LogP contribution in [-0.2, 0) is 25.5 Å². The molecular formula is C29H33N7O6. The molecule has 2 aromatic heterocycles. The maximum atomic E-state index is 13.1. The minimum atomic E-state index is -0.920. The number of aryl methyl sites for hydroxylation is 1. The molecule has 2 N–H and O–H groups in total. The van der Waals surface area contributed by atoms with E-state index in [1.165, 1.54) is 0 Å². The Bertz CT molecular complexity index is 1540. The van der Waals surface area contributed by atoms with Gasteiger partial charge in [0.15, 0.2) is 5.82 Å². The second-order valence-electron chi connectivity index (χ2n) is 10.6. The average Bonchev–Trinajstić information content (AvgIpc) is 3.68. The maximum Gasteiger partial charge on any atom is 0.511 e. The quantitative estimate of drug-likeness (QED) is 0.210. The van der Waals surface area contributed by atoms with Gasteiger partial charge in [0.2, 0.25) is 13.1 Å². The smallest absolute Gasteiger partial charge is 0.428 e. The zero-order valence-corrected chi connectivity index (χ0v) is 24.1. The van der Waals surface area contributed by atoms with Crippen LogP contribution in [0.5, 0.6) is 0 Å². The van der Waals surface area contributed by atoms with Gasteiger partial charge in [-0.15, -0.1) is 5.10 Å². The van der Waals surface area contributed by atoms with Crippen molar-refractivity contribution in [1.29, 1.82) is 0 Å². The Morgan fingerprint density at radius 2 is 1.86 bits per heavy atom. The Morgan fingerprint density at radius 1 is 1.07 bits per heavy atom. The fraction of sp³-hybridized carbons (Fsp3) is 0.345. The van der Waals surface area contributed by atoms with Crippen molar-refractivity contribution in [3.8, 4) is 17.2 Å². The molecule has 13 nitrogen and oxygen atoms in total. The van der Waals surface area contributed by atoms with E-state index >= 15 is 0 Å². The summed E-state index contributed by atoms with van der Waals surface area (Å²) in [6.07, 6.45) is 0.592. The van der Waals surface area contributed by atoms with Gasteiger partial charge in [-0.05, 0) is 86.5 Å². The minimum absolute atomic E-state index is 0.305. The predicted octanol–water partition coefficient (Wildman–Crippen LogP) is 4.78. The number of nitrogens with zero attached hydrogens (tertiary/aromatic N) is 5. The van der Waals surface area contributed by atoms with Crippen LogP contribution >= 0.6 is 0 Å². The summed E-state index contributed by atoms with van der Waals surface area (Å²) in [5.41, 5.74) is 4.77. The number of aromatic amines is 1. The molecule has 0 amide bonds. The molecule has 2 aromatic carbocycles. The van der Waals surface area contributed by atoms with Crippen molar-refractivity contribution in [2.24, 2.45) is 0 Å². The van der Waals surface area contributed by atoms with Crippen molar-refractivity contribution in [3.05, 3.63) is 71.4 Å². The number of para-hydroxylation sites is 1. The average molecular weight is 576 g/mol. The Balaban J connectivity index is 1.34. The van der Waals surface area contributed by atoms with Gasteiger partial charge in [-0.1, -0.05) is 18.2 Å². The van der Waals surface area contributed by atoms with Crippen molar-refractivity contribution in [2.45, 2.75) is 53.1 Å². The van der Waals surface area contributed by atoms with Gasteiger partial charge in [-0.25, -0.2) is 14.7 Å². The van der Waals surface area contributed by atoms with Crippen molar-refractivity contribution >= 4 is 23.5 Å². The van der Waals surface area contributed by atoms with E-state index in [0.29, 0.717) is 30.2 Å². The number of hydrogen-bond acceptors (Lipinski definition) is 11. The number of tetrazole rings is 1. The van der Waals surface area contributed by atoms with Crippen LogP contribution in [0.2, 0.25) is 0 Å². The molecule has 0 saturated heterocycles. The normalized spacial score (nSPS) is 14.3. The first-order chi connectivity index (χ1) is 20.1. The lowest BCUT2D eigenvalue weighted by Crippen LogP contribution is -2.38. The highest BCUT2D eigenvalue weighted by molar-refractivity contribution is 6.00. The van der Waals surface area contributed by atoms with Crippen LogP contribution in [0.25, 0.3) is 17.2 Å². The van der Waals surface area contributed by atoms with Crippen molar-refractivity contribution in [3.63, 3.8) is 0 Å². The van der Waals surface area contributed by atoms with Crippen molar-refractivity contribution in [1.82, 2.24) is 25.2 Å². The van der Waals surface area contributed by atoms with E-state index < -0.39 is 30.9 Å². The molecule has 0 fully saturated rings. The molecule has 220 valence electrons. The van der Waals surface area contributed by atoms with E-state index in [1.54, 1.807) is 32.9 Å². The third-order valence-electron chi connectivity index (χ3n) is 6.30. The first-order valence-electron chi connectivity index (χ1n) is 13.5. The van der Waals surface area contributed by atoms with E-state index in [-0.39, 0.29) is 0 Å². The standard InChI is InChI=1S/C29H33N7O6/c1-6-39-27-30-22-9-7-8-21(26(37)40-17-41-28(38)42-29(3,4)5)24(22)36(27)16-19-10-12-20(13-11-19)35-15-18(2)14-23(35)25-31-33-34-32-25/h7-15,27,30H,6,16-17H2,1-5H3,(H,31,32,33,34). The summed E-state index contributed by atoms with van der Waals surface area (Å²) in [7, 11) is 0. The summed E-state index contributed by atoms with van der Waals surface area (Å²) < 4.78 is 23.3. The van der Waals surface area contributed by atoms with Crippen molar-refractivity contribution in [2.75, 3.05) is 23.6 Å². The SMILES string of the molecule is CCOC1Nc2cccc(C(=O)OCOC(=O)OC(C)(C)C)c2N1Cc1ccc(-n2cc(C)cc2-c2nnn[nH]2)cc1. The highest BCUT2D eigenvalue weighted by Gasteiger charge is 2.34. The zero-order chi connectivity index (χ0) is 29.9. The summed E-state index contributed by atoms with van der Waals surface area (Å²) in [5, 5.41) is 17.6. The van der Waals surface area contributed by atoms with Gasteiger partial charge in [-0.2, -0.15) is 0 Å². The van der Waals surface area contributed by atoms with Crippen LogP contribution in [0, 0.1) is 6.92 Å². The second kappa shape index (κ2) is 11.9. The molecule has 1 aliphatic rings. The van der Waals surface area contributed by atoms with Gasteiger partial charge < -0.3 is 33.7 Å². The number of nitrogens with one attached hydrogen (secondary N) is 2. The number of benzene rings is 2. The molecule has 13 heteroatoms. The van der Waals surface area contributed by atoms with Gasteiger partial charge in [0, 0.05) is 25.0 Å². The number of anilines is 2. The molecule has 1 atom stereocenters. The fourth-order valence-corrected chi connectivity index (χ4v) is 4.62. The topological polar surface area (TPSA) is 146 Å². The van der Waals surface area contributed by atoms with Crippen LogP contribution in [0.15, 0.2) is 54.7 Å². The van der Waals surface area contributed by atoms with Gasteiger partial charge in [0.1, 0.15) is 5.60 Å². The summed E-state index contributed by atoms with van der Waals surface area (Å²) in [5.74, 6) is -0.0745. The number of rotatable bonds is 9. The molecule has 0 spiro atoms. The molecule has 4 aromatic rings. The minimum Gasteiger partial charge on any atom is -0.428 e. The van der Waals surface area contributed by atoms with E-state index in [9.17, 15) is 9.59 Å². The highest BCUT2D eigenvalue weighted by atomic mass is 16.8. The lowest BCUT2D eigenvalue weighted by Gasteiger charge is -2.27. The molecule has 0 aliphatic carbocycles. The second-order valence-corrected chi connectivity index (χ2v) is 10.6. The third kappa shape index (κ3) is 6.36. The number of esters is 1. The van der Waals surface area contributed by atoms with Gasteiger partial charge in [-0.3, -0.25) is 0 Å². The molecule has 1 unspecified atom stereocenters. The Hall–Kier alpha value is -4.91. The Kier molecular flexibility index (Phi) is 8.11. The summed E-state index contributed by atoms with van der Waals surface area (Å²) >= 11 is 0. The van der Waals surface area contributed by atoms with E-state index in [0.717, 1.165) is 28.2 Å². The molecule has 0 radical (unpaired) electrons. The number of H-pyrrole nitrogens is 1. The molecule has 1 aliphatic heterocycles. The van der Waals surface area contributed by atoms with E-state index in [4.69, 9.17) is 18.9 Å².